The summed E-state index contributed by atoms with van der Waals surface area (Å²) >= 11 is 0. The average molecular weight is 233 g/mol. The van der Waals surface area contributed by atoms with Crippen LogP contribution < -0.4 is 11.3 Å². The number of hydrazine groups is 1. The molecule has 2 aromatic rings. The van der Waals surface area contributed by atoms with Crippen LogP contribution in [0.1, 0.15) is 22.7 Å². The van der Waals surface area contributed by atoms with Crippen LogP contribution in [0.3, 0.4) is 0 Å². The maximum Gasteiger partial charge on any atom is 0.167 e. The molecule has 90 valence electrons. The van der Waals surface area contributed by atoms with Crippen molar-refractivity contribution in [2.24, 2.45) is 5.84 Å². The van der Waals surface area contributed by atoms with E-state index in [-0.39, 0.29) is 0 Å². The Balaban J connectivity index is 2.65. The van der Waals surface area contributed by atoms with Crippen molar-refractivity contribution in [1.82, 2.24) is 15.1 Å². The van der Waals surface area contributed by atoms with E-state index in [2.05, 4.69) is 20.6 Å². The average Bonchev–Trinajstić information content (AvgIpc) is 2.62. The molecule has 0 fully saturated rings. The van der Waals surface area contributed by atoms with E-state index in [4.69, 9.17) is 10.4 Å². The maximum absolute atomic E-state index is 5.44. The van der Waals surface area contributed by atoms with Gasteiger partial charge in [0.05, 0.1) is 11.3 Å². The van der Waals surface area contributed by atoms with Crippen LogP contribution in [0.4, 0.5) is 5.82 Å². The zero-order valence-corrected chi connectivity index (χ0v) is 10.3. The summed E-state index contributed by atoms with van der Waals surface area (Å²) in [6, 6.07) is 0. The van der Waals surface area contributed by atoms with Gasteiger partial charge in [-0.2, -0.15) is 0 Å². The van der Waals surface area contributed by atoms with Crippen molar-refractivity contribution in [2.45, 2.75) is 27.7 Å². The molecule has 6 heteroatoms. The fraction of sp³-hybridized carbons (Fsp3) is 0.364. The number of nitrogen functional groups attached to an aromatic ring is 1. The summed E-state index contributed by atoms with van der Waals surface area (Å²) in [7, 11) is 0. The molecule has 0 radical (unpaired) electrons. The Morgan fingerprint density at radius 1 is 1.06 bits per heavy atom. The zero-order valence-electron chi connectivity index (χ0n) is 10.3. The topological polar surface area (TPSA) is 89.9 Å². The van der Waals surface area contributed by atoms with E-state index in [0.717, 1.165) is 22.5 Å². The lowest BCUT2D eigenvalue weighted by Gasteiger charge is -2.08. The number of aromatic nitrogens is 3. The molecule has 17 heavy (non-hydrogen) atoms. The minimum atomic E-state index is 0.581. The van der Waals surface area contributed by atoms with Gasteiger partial charge in [-0.1, -0.05) is 5.16 Å². The molecule has 2 rings (SSSR count). The molecule has 0 saturated carbocycles. The van der Waals surface area contributed by atoms with Crippen molar-refractivity contribution in [3.63, 3.8) is 0 Å². The van der Waals surface area contributed by atoms with Crippen LogP contribution in [0.15, 0.2) is 4.52 Å². The molecule has 0 unspecified atom stereocenters. The third-order valence-electron chi connectivity index (χ3n) is 2.78. The lowest BCUT2D eigenvalue weighted by Crippen LogP contribution is -2.12. The second kappa shape index (κ2) is 4.14. The molecule has 0 aromatic carbocycles. The van der Waals surface area contributed by atoms with E-state index in [0.29, 0.717) is 17.4 Å². The van der Waals surface area contributed by atoms with Crippen LogP contribution in [0.5, 0.6) is 0 Å². The summed E-state index contributed by atoms with van der Waals surface area (Å²) in [5, 5.41) is 3.89. The first-order valence-electron chi connectivity index (χ1n) is 5.29. The van der Waals surface area contributed by atoms with Crippen molar-refractivity contribution in [1.29, 1.82) is 0 Å². The van der Waals surface area contributed by atoms with Crippen LogP contribution in [0, 0.1) is 27.7 Å². The molecule has 0 saturated heterocycles. The summed E-state index contributed by atoms with van der Waals surface area (Å²) < 4.78 is 5.11. The Labute approximate surface area is 99.2 Å². The van der Waals surface area contributed by atoms with Gasteiger partial charge in [-0.15, -0.1) is 0 Å². The van der Waals surface area contributed by atoms with E-state index in [1.54, 1.807) is 0 Å². The summed E-state index contributed by atoms with van der Waals surface area (Å²) in [6.45, 7) is 7.53. The van der Waals surface area contributed by atoms with E-state index in [1.165, 1.54) is 0 Å². The van der Waals surface area contributed by atoms with Crippen LogP contribution in [-0.4, -0.2) is 15.1 Å². The normalized spacial score (nSPS) is 10.6. The van der Waals surface area contributed by atoms with Gasteiger partial charge in [0.25, 0.3) is 0 Å². The standard InChI is InChI=1S/C11H15N5O/c1-5-6(2)13-11(14-10(5)15-12)9-7(3)16-17-8(9)4/h12H2,1-4H3,(H,13,14,15). The first-order valence-corrected chi connectivity index (χ1v) is 5.29. The Kier molecular flexibility index (Phi) is 2.81. The number of nitrogens with zero attached hydrogens (tertiary/aromatic N) is 3. The summed E-state index contributed by atoms with van der Waals surface area (Å²) in [4.78, 5) is 8.81. The van der Waals surface area contributed by atoms with Gasteiger partial charge in [-0.25, -0.2) is 15.8 Å². The van der Waals surface area contributed by atoms with E-state index in [1.807, 2.05) is 27.7 Å². The zero-order chi connectivity index (χ0) is 12.6. The molecular formula is C11H15N5O. The van der Waals surface area contributed by atoms with Gasteiger partial charge in [-0.3, -0.25) is 0 Å². The third kappa shape index (κ3) is 1.87. The smallest absolute Gasteiger partial charge is 0.167 e. The first kappa shape index (κ1) is 11.5. The molecule has 0 aliphatic heterocycles. The number of anilines is 1. The molecule has 2 heterocycles. The van der Waals surface area contributed by atoms with Gasteiger partial charge < -0.3 is 9.95 Å². The number of hydrogen-bond donors (Lipinski definition) is 2. The Hall–Kier alpha value is -1.95. The molecule has 0 atom stereocenters. The van der Waals surface area contributed by atoms with Crippen molar-refractivity contribution < 1.29 is 4.52 Å². The molecule has 0 aliphatic carbocycles. The van der Waals surface area contributed by atoms with Gasteiger partial charge >= 0.3 is 0 Å². The number of rotatable bonds is 2. The molecule has 0 bridgehead atoms. The number of hydrogen-bond acceptors (Lipinski definition) is 6. The van der Waals surface area contributed by atoms with E-state index in [9.17, 15) is 0 Å². The van der Waals surface area contributed by atoms with Crippen LogP contribution >= 0.6 is 0 Å². The molecule has 2 aromatic heterocycles. The second-order valence-electron chi connectivity index (χ2n) is 3.95. The van der Waals surface area contributed by atoms with Crippen molar-refractivity contribution in [3.8, 4) is 11.4 Å². The van der Waals surface area contributed by atoms with Gasteiger partial charge in [0, 0.05) is 11.3 Å². The van der Waals surface area contributed by atoms with Crippen molar-refractivity contribution >= 4 is 5.82 Å². The highest BCUT2D eigenvalue weighted by molar-refractivity contribution is 5.63. The SMILES string of the molecule is Cc1nc(-c2c(C)noc2C)nc(NN)c1C. The molecule has 0 amide bonds. The Bertz CT molecular complexity index is 542. The number of nitrogens with two attached hydrogens (primary N) is 1. The molecule has 0 aliphatic rings. The highest BCUT2D eigenvalue weighted by atomic mass is 16.5. The van der Waals surface area contributed by atoms with Gasteiger partial charge in [0.15, 0.2) is 5.82 Å². The van der Waals surface area contributed by atoms with Crippen LogP contribution in [0.25, 0.3) is 11.4 Å². The minimum absolute atomic E-state index is 0.581. The minimum Gasteiger partial charge on any atom is -0.361 e. The maximum atomic E-state index is 5.44. The van der Waals surface area contributed by atoms with Gasteiger partial charge in [0.2, 0.25) is 0 Å². The van der Waals surface area contributed by atoms with Crippen LogP contribution in [-0.2, 0) is 0 Å². The quantitative estimate of drug-likeness (QED) is 0.605. The summed E-state index contributed by atoms with van der Waals surface area (Å²) in [6.07, 6.45) is 0. The van der Waals surface area contributed by atoms with Gasteiger partial charge in [0.1, 0.15) is 11.6 Å². The van der Waals surface area contributed by atoms with E-state index >= 15 is 0 Å². The summed E-state index contributed by atoms with van der Waals surface area (Å²) in [5.41, 5.74) is 5.98. The highest BCUT2D eigenvalue weighted by Crippen LogP contribution is 2.26. The predicted molar refractivity (Wildman–Crippen MR) is 64.3 cm³/mol. The summed E-state index contributed by atoms with van der Waals surface area (Å²) in [5.74, 6) is 7.34. The number of aryl methyl sites for hydroxylation is 3. The molecule has 6 nitrogen and oxygen atoms in total. The fourth-order valence-electron chi connectivity index (χ4n) is 1.68. The van der Waals surface area contributed by atoms with E-state index < -0.39 is 0 Å². The molecular weight excluding hydrogens is 218 g/mol. The fourth-order valence-corrected chi connectivity index (χ4v) is 1.68. The van der Waals surface area contributed by atoms with Crippen molar-refractivity contribution in [3.05, 3.63) is 22.7 Å². The molecule has 0 spiro atoms. The van der Waals surface area contributed by atoms with Crippen LogP contribution in [0.2, 0.25) is 0 Å². The van der Waals surface area contributed by atoms with Gasteiger partial charge in [-0.05, 0) is 27.7 Å². The number of nitrogens with one attached hydrogen (secondary N) is 1. The Morgan fingerprint density at radius 3 is 2.29 bits per heavy atom. The second-order valence-corrected chi connectivity index (χ2v) is 3.95. The third-order valence-corrected chi connectivity index (χ3v) is 2.78. The monoisotopic (exact) mass is 233 g/mol. The highest BCUT2D eigenvalue weighted by Gasteiger charge is 2.16. The largest absolute Gasteiger partial charge is 0.361 e. The molecule has 3 N–H and O–H groups in total. The van der Waals surface area contributed by atoms with Crippen molar-refractivity contribution in [2.75, 3.05) is 5.43 Å². The lowest BCUT2D eigenvalue weighted by molar-refractivity contribution is 0.393. The Morgan fingerprint density at radius 2 is 1.76 bits per heavy atom. The predicted octanol–water partition coefficient (Wildman–Crippen LogP) is 1.65. The lowest BCUT2D eigenvalue weighted by atomic mass is 10.1. The first-order chi connectivity index (χ1) is 8.04.